The Hall–Kier alpha value is -1.62. The number of nitrogens with zero attached hydrogens (tertiary/aromatic N) is 1. The van der Waals surface area contributed by atoms with Crippen LogP contribution in [0.3, 0.4) is 0 Å². The van der Waals surface area contributed by atoms with Gasteiger partial charge in [-0.3, -0.25) is 4.79 Å². The maximum Gasteiger partial charge on any atom is 0.244 e. The topological polar surface area (TPSA) is 50.8 Å². The molecule has 1 heterocycles. The van der Waals surface area contributed by atoms with Gasteiger partial charge in [-0.25, -0.2) is 0 Å². The van der Waals surface area contributed by atoms with Crippen LogP contribution >= 0.6 is 11.6 Å². The molecule has 1 aliphatic heterocycles. The van der Waals surface area contributed by atoms with Crippen molar-refractivity contribution in [2.75, 3.05) is 32.6 Å². The lowest BCUT2D eigenvalue weighted by molar-refractivity contribution is -0.130. The number of hydrogen-bond acceptors (Lipinski definition) is 4. The van der Waals surface area contributed by atoms with Crippen molar-refractivity contribution >= 4 is 23.2 Å². The molecule has 0 unspecified atom stereocenters. The molecule has 1 aliphatic rings. The molecule has 0 aliphatic carbocycles. The van der Waals surface area contributed by atoms with Crippen molar-refractivity contribution in [3.05, 3.63) is 17.2 Å². The Bertz CT molecular complexity index is 516. The summed E-state index contributed by atoms with van der Waals surface area (Å²) in [5.74, 6) is 1.23. The molecule has 1 amide bonds. The first-order chi connectivity index (χ1) is 10.1. The van der Waals surface area contributed by atoms with Crippen molar-refractivity contribution in [2.45, 2.75) is 25.8 Å². The normalized spacial score (nSPS) is 15.7. The monoisotopic (exact) mass is 312 g/mol. The number of methoxy groups -OCH3 is 2. The van der Waals surface area contributed by atoms with E-state index in [1.807, 2.05) is 11.8 Å². The van der Waals surface area contributed by atoms with Gasteiger partial charge in [-0.2, -0.15) is 0 Å². The quantitative estimate of drug-likeness (QED) is 0.908. The minimum Gasteiger partial charge on any atom is -0.495 e. The summed E-state index contributed by atoms with van der Waals surface area (Å²) in [6.45, 7) is 3.52. The molecule has 21 heavy (non-hydrogen) atoms. The second-order valence-corrected chi connectivity index (χ2v) is 5.49. The molecule has 5 nitrogen and oxygen atoms in total. The van der Waals surface area contributed by atoms with E-state index < -0.39 is 0 Å². The zero-order valence-electron chi connectivity index (χ0n) is 12.6. The fourth-order valence-electron chi connectivity index (χ4n) is 2.48. The van der Waals surface area contributed by atoms with E-state index in [1.165, 1.54) is 0 Å². The molecule has 0 aromatic heterocycles. The van der Waals surface area contributed by atoms with E-state index >= 15 is 0 Å². The van der Waals surface area contributed by atoms with E-state index in [0.717, 1.165) is 25.9 Å². The van der Waals surface area contributed by atoms with E-state index in [2.05, 4.69) is 5.32 Å². The first-order valence-electron chi connectivity index (χ1n) is 7.03. The molecule has 0 radical (unpaired) electrons. The van der Waals surface area contributed by atoms with E-state index in [0.29, 0.717) is 22.2 Å². The molecule has 1 aromatic rings. The fourth-order valence-corrected chi connectivity index (χ4v) is 2.72. The molecule has 0 saturated carbocycles. The lowest BCUT2D eigenvalue weighted by Gasteiger charge is -2.23. The average Bonchev–Trinajstić information content (AvgIpc) is 3.00. The molecule has 1 saturated heterocycles. The van der Waals surface area contributed by atoms with Gasteiger partial charge in [0, 0.05) is 19.2 Å². The largest absolute Gasteiger partial charge is 0.495 e. The Morgan fingerprint density at radius 2 is 1.86 bits per heavy atom. The van der Waals surface area contributed by atoms with Gasteiger partial charge in [0.2, 0.25) is 5.91 Å². The first-order valence-corrected chi connectivity index (χ1v) is 7.41. The Balaban J connectivity index is 2.14. The standard InChI is InChI=1S/C15H21ClN2O3/c1-10(15(19)18-6-4-5-7-18)17-12-8-11(16)13(20-2)9-14(12)21-3/h8-10,17H,4-7H2,1-3H3/t10-/m1/s1. The second-order valence-electron chi connectivity index (χ2n) is 5.09. The smallest absolute Gasteiger partial charge is 0.244 e. The number of carbonyl (C=O) groups is 1. The number of ether oxygens (including phenoxy) is 2. The lowest BCUT2D eigenvalue weighted by atomic mass is 10.2. The maximum absolute atomic E-state index is 12.3. The number of carbonyl (C=O) groups excluding carboxylic acids is 1. The van der Waals surface area contributed by atoms with Gasteiger partial charge < -0.3 is 19.7 Å². The number of amides is 1. The minimum atomic E-state index is -0.332. The van der Waals surface area contributed by atoms with Crippen molar-refractivity contribution < 1.29 is 14.3 Å². The highest BCUT2D eigenvalue weighted by molar-refractivity contribution is 6.32. The first kappa shape index (κ1) is 15.8. The number of hydrogen-bond donors (Lipinski definition) is 1. The van der Waals surface area contributed by atoms with Crippen LogP contribution in [0.5, 0.6) is 11.5 Å². The van der Waals surface area contributed by atoms with E-state index in [-0.39, 0.29) is 11.9 Å². The number of anilines is 1. The maximum atomic E-state index is 12.3. The Kier molecular flexibility index (Phi) is 5.17. The highest BCUT2D eigenvalue weighted by atomic mass is 35.5. The summed E-state index contributed by atoms with van der Waals surface area (Å²) in [7, 11) is 3.12. The predicted molar refractivity (Wildman–Crippen MR) is 83.5 cm³/mol. The molecular formula is C15H21ClN2O3. The summed E-state index contributed by atoms with van der Waals surface area (Å²) in [4.78, 5) is 14.2. The van der Waals surface area contributed by atoms with Crippen LogP contribution in [0.2, 0.25) is 5.02 Å². The highest BCUT2D eigenvalue weighted by Crippen LogP contribution is 2.36. The molecule has 0 bridgehead atoms. The SMILES string of the molecule is COc1cc(OC)c(N[C@H](C)C(=O)N2CCCC2)cc1Cl. The van der Waals surface area contributed by atoms with Gasteiger partial charge in [-0.05, 0) is 25.8 Å². The van der Waals surface area contributed by atoms with Gasteiger partial charge >= 0.3 is 0 Å². The van der Waals surface area contributed by atoms with E-state index in [4.69, 9.17) is 21.1 Å². The fraction of sp³-hybridized carbons (Fsp3) is 0.533. The van der Waals surface area contributed by atoms with Gasteiger partial charge in [-0.15, -0.1) is 0 Å². The van der Waals surface area contributed by atoms with Gasteiger partial charge in [0.15, 0.2) is 0 Å². The van der Waals surface area contributed by atoms with E-state index in [9.17, 15) is 4.79 Å². The number of rotatable bonds is 5. The average molecular weight is 313 g/mol. The van der Waals surface area contributed by atoms with Crippen LogP contribution in [0.15, 0.2) is 12.1 Å². The molecule has 1 atom stereocenters. The second kappa shape index (κ2) is 6.89. The zero-order chi connectivity index (χ0) is 15.4. The molecule has 2 rings (SSSR count). The zero-order valence-corrected chi connectivity index (χ0v) is 13.4. The third-order valence-electron chi connectivity index (χ3n) is 3.63. The minimum absolute atomic E-state index is 0.0986. The number of benzene rings is 1. The Morgan fingerprint density at radius 1 is 1.24 bits per heavy atom. The van der Waals surface area contributed by atoms with Crippen LogP contribution < -0.4 is 14.8 Å². The molecule has 0 spiro atoms. The summed E-state index contributed by atoms with van der Waals surface area (Å²) in [5.41, 5.74) is 0.684. The summed E-state index contributed by atoms with van der Waals surface area (Å²) < 4.78 is 10.5. The van der Waals surface area contributed by atoms with Crippen LogP contribution in [-0.4, -0.2) is 44.2 Å². The van der Waals surface area contributed by atoms with Crippen molar-refractivity contribution in [3.63, 3.8) is 0 Å². The number of nitrogens with one attached hydrogen (secondary N) is 1. The van der Waals surface area contributed by atoms with Crippen LogP contribution in [0.25, 0.3) is 0 Å². The van der Waals surface area contributed by atoms with E-state index in [1.54, 1.807) is 26.4 Å². The van der Waals surface area contributed by atoms with Crippen LogP contribution in [0, 0.1) is 0 Å². The molecular weight excluding hydrogens is 292 g/mol. The number of likely N-dealkylation sites (tertiary alicyclic amines) is 1. The molecule has 6 heteroatoms. The van der Waals surface area contributed by atoms with Crippen LogP contribution in [0.1, 0.15) is 19.8 Å². The summed E-state index contributed by atoms with van der Waals surface area (Å²) in [6, 6.07) is 3.09. The van der Waals surface area contributed by atoms with Gasteiger partial charge in [0.25, 0.3) is 0 Å². The molecule has 1 N–H and O–H groups in total. The molecule has 1 aromatic carbocycles. The lowest BCUT2D eigenvalue weighted by Crippen LogP contribution is -2.39. The van der Waals surface area contributed by atoms with Crippen LogP contribution in [-0.2, 0) is 4.79 Å². The van der Waals surface area contributed by atoms with Crippen molar-refractivity contribution in [3.8, 4) is 11.5 Å². The summed E-state index contributed by atoms with van der Waals surface area (Å²) in [5, 5.41) is 3.65. The third-order valence-corrected chi connectivity index (χ3v) is 3.93. The van der Waals surface area contributed by atoms with Gasteiger partial charge in [-0.1, -0.05) is 11.6 Å². The molecule has 116 valence electrons. The van der Waals surface area contributed by atoms with Crippen LogP contribution in [0.4, 0.5) is 5.69 Å². The highest BCUT2D eigenvalue weighted by Gasteiger charge is 2.24. The summed E-state index contributed by atoms with van der Waals surface area (Å²) in [6.07, 6.45) is 2.16. The van der Waals surface area contributed by atoms with Gasteiger partial charge in [0.1, 0.15) is 17.5 Å². The predicted octanol–water partition coefficient (Wildman–Crippen LogP) is 2.78. The Labute approximate surface area is 130 Å². The molecule has 1 fully saturated rings. The van der Waals surface area contributed by atoms with Gasteiger partial charge in [0.05, 0.1) is 24.9 Å². The number of halogens is 1. The van der Waals surface area contributed by atoms with Crippen molar-refractivity contribution in [1.29, 1.82) is 0 Å². The Morgan fingerprint density at radius 3 is 2.43 bits per heavy atom. The third kappa shape index (κ3) is 3.53. The summed E-state index contributed by atoms with van der Waals surface area (Å²) >= 11 is 6.13. The van der Waals surface area contributed by atoms with Crippen molar-refractivity contribution in [1.82, 2.24) is 4.90 Å². The van der Waals surface area contributed by atoms with Crippen molar-refractivity contribution in [2.24, 2.45) is 0 Å².